The van der Waals surface area contributed by atoms with E-state index in [4.69, 9.17) is 28.8 Å². The third-order valence-electron chi connectivity index (χ3n) is 3.99. The maximum absolute atomic E-state index is 6.01. The summed E-state index contributed by atoms with van der Waals surface area (Å²) in [7, 11) is 0. The quantitative estimate of drug-likeness (QED) is 0.467. The summed E-state index contributed by atoms with van der Waals surface area (Å²) >= 11 is 11.6. The second-order valence-electron chi connectivity index (χ2n) is 5.79. The first kappa shape index (κ1) is 16.9. The Balaban J connectivity index is 1.87. The van der Waals surface area contributed by atoms with Gasteiger partial charge in [0.15, 0.2) is 5.11 Å². The van der Waals surface area contributed by atoms with Crippen LogP contribution in [0.5, 0.6) is 0 Å². The lowest BCUT2D eigenvalue weighted by atomic mass is 10.1. The van der Waals surface area contributed by atoms with Gasteiger partial charge in [0, 0.05) is 29.4 Å². The topological polar surface area (TPSA) is 27.6 Å². The standard InChI is InChI=1S/C19H20ClN3S/c20-16-11-9-15(10-12-16)18(21-17-7-3-1-4-8-17)22-19(24)23-13-5-2-6-14-23/h1,3-4,7-12H,2,5-6,13-14H2,(H,21,22,24). The van der Waals surface area contributed by atoms with E-state index in [1.54, 1.807) is 0 Å². The third-order valence-corrected chi connectivity index (χ3v) is 4.59. The molecule has 0 unspecified atom stereocenters. The average molecular weight is 358 g/mol. The summed E-state index contributed by atoms with van der Waals surface area (Å²) in [5, 5.41) is 4.72. The molecule has 3 rings (SSSR count). The molecule has 0 aromatic heterocycles. The van der Waals surface area contributed by atoms with E-state index < -0.39 is 0 Å². The summed E-state index contributed by atoms with van der Waals surface area (Å²) < 4.78 is 0. The van der Waals surface area contributed by atoms with Crippen molar-refractivity contribution < 1.29 is 0 Å². The summed E-state index contributed by atoms with van der Waals surface area (Å²) in [4.78, 5) is 6.90. The fourth-order valence-corrected chi connectivity index (χ4v) is 3.08. The van der Waals surface area contributed by atoms with Gasteiger partial charge in [0.25, 0.3) is 0 Å². The molecule has 0 saturated carbocycles. The molecule has 24 heavy (non-hydrogen) atoms. The number of piperidine rings is 1. The first-order chi connectivity index (χ1) is 11.7. The molecule has 1 fully saturated rings. The highest BCUT2D eigenvalue weighted by Crippen LogP contribution is 2.15. The smallest absolute Gasteiger partial charge is 0.197 e. The number of aliphatic imine (C=N–C) groups is 1. The Kier molecular flexibility index (Phi) is 5.83. The fourth-order valence-electron chi connectivity index (χ4n) is 2.68. The van der Waals surface area contributed by atoms with E-state index >= 15 is 0 Å². The monoisotopic (exact) mass is 357 g/mol. The maximum atomic E-state index is 6.01. The number of halogens is 1. The van der Waals surface area contributed by atoms with Gasteiger partial charge in [-0.1, -0.05) is 29.8 Å². The summed E-state index contributed by atoms with van der Waals surface area (Å²) in [5.41, 5.74) is 1.94. The minimum atomic E-state index is 0.642. The SMILES string of the molecule is S=C(/N=C(\Nc1ccccc1)c1ccc(Cl)cc1)N1CCCCC1. The second-order valence-corrected chi connectivity index (χ2v) is 6.59. The number of anilines is 1. The molecule has 2 aromatic carbocycles. The lowest BCUT2D eigenvalue weighted by Gasteiger charge is -2.27. The Bertz CT molecular complexity index is 707. The van der Waals surface area contributed by atoms with Crippen molar-refractivity contribution in [3.05, 3.63) is 65.2 Å². The van der Waals surface area contributed by atoms with Crippen molar-refractivity contribution in [2.75, 3.05) is 18.4 Å². The zero-order chi connectivity index (χ0) is 16.8. The molecular formula is C19H20ClN3S. The van der Waals surface area contributed by atoms with Crippen molar-refractivity contribution in [1.82, 2.24) is 4.90 Å². The zero-order valence-electron chi connectivity index (χ0n) is 13.4. The van der Waals surface area contributed by atoms with Crippen LogP contribution in [0.4, 0.5) is 5.69 Å². The van der Waals surface area contributed by atoms with Crippen molar-refractivity contribution in [3.63, 3.8) is 0 Å². The van der Waals surface area contributed by atoms with Crippen LogP contribution in [0.3, 0.4) is 0 Å². The van der Waals surface area contributed by atoms with Crippen LogP contribution in [-0.4, -0.2) is 28.9 Å². The highest BCUT2D eigenvalue weighted by Gasteiger charge is 2.14. The van der Waals surface area contributed by atoms with Crippen molar-refractivity contribution in [3.8, 4) is 0 Å². The number of nitrogens with zero attached hydrogens (tertiary/aromatic N) is 2. The van der Waals surface area contributed by atoms with Gasteiger partial charge in [-0.2, -0.15) is 0 Å². The Morgan fingerprint density at radius 1 is 0.958 bits per heavy atom. The van der Waals surface area contributed by atoms with Gasteiger partial charge in [-0.25, -0.2) is 4.99 Å². The molecule has 0 amide bonds. The average Bonchev–Trinajstić information content (AvgIpc) is 2.63. The molecule has 5 heteroatoms. The molecule has 0 spiro atoms. The number of rotatable bonds is 2. The van der Waals surface area contributed by atoms with Crippen molar-refractivity contribution in [1.29, 1.82) is 0 Å². The Hall–Kier alpha value is -1.91. The second kappa shape index (κ2) is 8.27. The van der Waals surface area contributed by atoms with Crippen LogP contribution in [0, 0.1) is 0 Å². The predicted octanol–water partition coefficient (Wildman–Crippen LogP) is 4.97. The van der Waals surface area contributed by atoms with E-state index in [1.165, 1.54) is 19.3 Å². The van der Waals surface area contributed by atoms with Crippen LogP contribution in [0.1, 0.15) is 24.8 Å². The molecule has 1 aliphatic heterocycles. The van der Waals surface area contributed by atoms with Gasteiger partial charge in [-0.05, 0) is 67.9 Å². The molecule has 0 bridgehead atoms. The Morgan fingerprint density at radius 3 is 2.29 bits per heavy atom. The molecule has 0 radical (unpaired) electrons. The van der Waals surface area contributed by atoms with Crippen molar-refractivity contribution >= 4 is 40.5 Å². The molecule has 1 heterocycles. The van der Waals surface area contributed by atoms with Crippen LogP contribution in [0.2, 0.25) is 5.02 Å². The Morgan fingerprint density at radius 2 is 1.62 bits per heavy atom. The van der Waals surface area contributed by atoms with Gasteiger partial charge < -0.3 is 10.2 Å². The maximum Gasteiger partial charge on any atom is 0.197 e. The first-order valence-electron chi connectivity index (χ1n) is 8.18. The van der Waals surface area contributed by atoms with Crippen molar-refractivity contribution in [2.24, 2.45) is 4.99 Å². The van der Waals surface area contributed by atoms with Crippen LogP contribution < -0.4 is 5.32 Å². The number of thiocarbonyl (C=S) groups is 1. The highest BCUT2D eigenvalue weighted by atomic mass is 35.5. The molecule has 2 aromatic rings. The molecule has 0 atom stereocenters. The number of benzene rings is 2. The van der Waals surface area contributed by atoms with Gasteiger partial charge in [0.05, 0.1) is 0 Å². The summed E-state index contributed by atoms with van der Waals surface area (Å²) in [6.07, 6.45) is 3.63. The van der Waals surface area contributed by atoms with Gasteiger partial charge in [0.1, 0.15) is 5.84 Å². The fraction of sp³-hybridized carbons (Fsp3) is 0.263. The lowest BCUT2D eigenvalue weighted by molar-refractivity contribution is 0.344. The third kappa shape index (κ3) is 4.56. The molecule has 0 aliphatic carbocycles. The Labute approximate surface area is 153 Å². The van der Waals surface area contributed by atoms with Crippen LogP contribution in [-0.2, 0) is 0 Å². The molecule has 124 valence electrons. The van der Waals surface area contributed by atoms with E-state index in [-0.39, 0.29) is 0 Å². The molecular weight excluding hydrogens is 338 g/mol. The van der Waals surface area contributed by atoms with Crippen molar-refractivity contribution in [2.45, 2.75) is 19.3 Å². The minimum Gasteiger partial charge on any atom is -0.347 e. The van der Waals surface area contributed by atoms with E-state index in [9.17, 15) is 0 Å². The van der Waals surface area contributed by atoms with Crippen LogP contribution >= 0.6 is 23.8 Å². The number of hydrogen-bond donors (Lipinski definition) is 1. The van der Waals surface area contributed by atoms with E-state index in [0.717, 1.165) is 30.2 Å². The summed E-state index contributed by atoms with van der Waals surface area (Å²) in [5.74, 6) is 0.744. The molecule has 1 saturated heterocycles. The highest BCUT2D eigenvalue weighted by molar-refractivity contribution is 7.80. The van der Waals surface area contributed by atoms with Crippen LogP contribution in [0.25, 0.3) is 0 Å². The van der Waals surface area contributed by atoms with Gasteiger partial charge in [-0.15, -0.1) is 0 Å². The number of amidine groups is 1. The zero-order valence-corrected chi connectivity index (χ0v) is 15.0. The van der Waals surface area contributed by atoms with Gasteiger partial charge >= 0.3 is 0 Å². The molecule has 3 nitrogen and oxygen atoms in total. The van der Waals surface area contributed by atoms with Crippen LogP contribution in [0.15, 0.2) is 59.6 Å². The number of hydrogen-bond acceptors (Lipinski definition) is 1. The van der Waals surface area contributed by atoms with Gasteiger partial charge in [0.2, 0.25) is 0 Å². The molecule has 1 aliphatic rings. The number of nitrogens with one attached hydrogen (secondary N) is 1. The summed E-state index contributed by atoms with van der Waals surface area (Å²) in [6, 6.07) is 17.6. The van der Waals surface area contributed by atoms with E-state index in [1.807, 2.05) is 54.6 Å². The largest absolute Gasteiger partial charge is 0.347 e. The first-order valence-corrected chi connectivity index (χ1v) is 8.96. The van der Waals surface area contributed by atoms with E-state index in [0.29, 0.717) is 10.1 Å². The minimum absolute atomic E-state index is 0.642. The number of likely N-dealkylation sites (tertiary alicyclic amines) is 1. The molecule has 1 N–H and O–H groups in total. The predicted molar refractivity (Wildman–Crippen MR) is 106 cm³/mol. The van der Waals surface area contributed by atoms with Gasteiger partial charge in [-0.3, -0.25) is 0 Å². The normalized spacial score (nSPS) is 15.2. The lowest BCUT2D eigenvalue weighted by Crippen LogP contribution is -2.34. The van der Waals surface area contributed by atoms with E-state index in [2.05, 4.69) is 10.2 Å². The summed E-state index contributed by atoms with van der Waals surface area (Å²) in [6.45, 7) is 1.98. The number of para-hydroxylation sites is 1.